The van der Waals surface area contributed by atoms with E-state index in [0.29, 0.717) is 0 Å². The van der Waals surface area contributed by atoms with E-state index in [0.717, 1.165) is 18.4 Å². The molecule has 0 radical (unpaired) electrons. The molecule has 0 saturated carbocycles. The molecular formula is C22H31N8O10PS. The van der Waals surface area contributed by atoms with Crippen LogP contribution >= 0.6 is 7.75 Å². The van der Waals surface area contributed by atoms with Crippen LogP contribution < -0.4 is 25.2 Å². The Bertz CT molecular complexity index is 1590. The number of imidazole rings is 1. The third kappa shape index (κ3) is 6.96. The van der Waals surface area contributed by atoms with E-state index in [1.54, 1.807) is 18.2 Å². The molecule has 0 aliphatic carbocycles. The molecule has 0 spiro atoms. The Labute approximate surface area is 240 Å². The zero-order chi connectivity index (χ0) is 30.9. The molecule has 230 valence electrons. The van der Waals surface area contributed by atoms with Crippen molar-refractivity contribution in [3.8, 4) is 5.75 Å². The number of hydrogen-bond donors (Lipinski definition) is 5. The summed E-state index contributed by atoms with van der Waals surface area (Å²) in [5.74, 6) is -0.796. The highest BCUT2D eigenvalue weighted by Gasteiger charge is 2.54. The highest BCUT2D eigenvalue weighted by Crippen LogP contribution is 2.46. The van der Waals surface area contributed by atoms with E-state index in [9.17, 15) is 28.0 Å². The number of benzene rings is 1. The van der Waals surface area contributed by atoms with E-state index in [1.807, 2.05) is 0 Å². The van der Waals surface area contributed by atoms with Crippen LogP contribution in [0.5, 0.6) is 5.75 Å². The van der Waals surface area contributed by atoms with Crippen LogP contribution in [-0.4, -0.2) is 95.5 Å². The van der Waals surface area contributed by atoms with Crippen molar-refractivity contribution in [1.29, 1.82) is 0 Å². The van der Waals surface area contributed by atoms with Gasteiger partial charge in [0.1, 0.15) is 30.1 Å². The maximum Gasteiger partial charge on any atom is 0.459 e. The highest BCUT2D eigenvalue weighted by molar-refractivity contribution is 7.88. The van der Waals surface area contributed by atoms with E-state index >= 15 is 0 Å². The van der Waals surface area contributed by atoms with Crippen LogP contribution in [0.3, 0.4) is 0 Å². The number of nitrogens with two attached hydrogens (primary N) is 1. The number of aliphatic hydroxyl groups excluding tert-OH is 1. The van der Waals surface area contributed by atoms with Crippen molar-refractivity contribution in [2.24, 2.45) is 0 Å². The van der Waals surface area contributed by atoms with Crippen LogP contribution in [0.25, 0.3) is 11.2 Å². The maximum atomic E-state index is 13.5. The smallest absolute Gasteiger partial charge is 0.459 e. The second-order valence-corrected chi connectivity index (χ2v) is 12.9. The predicted octanol–water partition coefficient (Wildman–Crippen LogP) is -0.715. The lowest BCUT2D eigenvalue weighted by atomic mass is 9.96. The molecule has 20 heteroatoms. The fourth-order valence-electron chi connectivity index (χ4n) is 4.12. The van der Waals surface area contributed by atoms with Gasteiger partial charge in [-0.15, -0.1) is 4.83 Å². The summed E-state index contributed by atoms with van der Waals surface area (Å²) in [5, 5.41) is 25.7. The van der Waals surface area contributed by atoms with Crippen LogP contribution in [0.1, 0.15) is 13.2 Å². The van der Waals surface area contributed by atoms with Gasteiger partial charge in [0.15, 0.2) is 23.2 Å². The molecule has 42 heavy (non-hydrogen) atoms. The fourth-order valence-corrected chi connectivity index (χ4v) is 5.98. The molecule has 6 N–H and O–H groups in total. The summed E-state index contributed by atoms with van der Waals surface area (Å²) in [6, 6.07) is 8.03. The molecular weight excluding hydrogens is 599 g/mol. The lowest BCUT2D eigenvalue weighted by molar-refractivity contribution is -0.139. The molecule has 0 amide bonds. The summed E-state index contributed by atoms with van der Waals surface area (Å²) in [6.45, 7) is 0.233. The SMILES string of the molecule is COC(=O)CNP(=O)(OC[C@H]1O[C@@H](n2cnc3c(N(C)NS(C)(=O)=O)nc(N)nc32)[C@](C)(O)[C@@H]1O)Oc1ccccc1. The standard InChI is InChI=1S/C22H31N8O10PS/c1-22(33)17(32)14(11-38-41(34,25-10-15(31)37-3)40-13-8-6-5-7-9-13)39-20(22)30-12-24-16-18(26-21(23)27-19(16)30)29(2)28-42(4,35)36/h5-9,12,14,17,20,28,32-33H,10-11H2,1-4H3,(H,25,34)(H2,23,26,27)/t14-,17-,20-,22-,41?/m1/s1. The normalized spacial score (nSPS) is 23.9. The third-order valence-corrected chi connectivity index (χ3v) is 8.16. The number of aliphatic hydroxyl groups is 2. The molecule has 18 nitrogen and oxygen atoms in total. The number of aromatic nitrogens is 4. The van der Waals surface area contributed by atoms with Gasteiger partial charge in [-0.25, -0.2) is 23.1 Å². The first-order valence-electron chi connectivity index (χ1n) is 12.2. The summed E-state index contributed by atoms with van der Waals surface area (Å²) in [6.07, 6.45) is -1.97. The number of fused-ring (bicyclic) bond motifs is 1. The molecule has 1 unspecified atom stereocenters. The van der Waals surface area contributed by atoms with Gasteiger partial charge >= 0.3 is 13.7 Å². The molecule has 2 aromatic heterocycles. The number of esters is 1. The number of rotatable bonds is 12. The number of carbonyl (C=O) groups is 1. The molecule has 1 aliphatic rings. The van der Waals surface area contributed by atoms with Gasteiger partial charge in [0.25, 0.3) is 0 Å². The zero-order valence-corrected chi connectivity index (χ0v) is 24.7. The van der Waals surface area contributed by atoms with E-state index in [1.165, 1.54) is 37.0 Å². The predicted molar refractivity (Wildman–Crippen MR) is 147 cm³/mol. The van der Waals surface area contributed by atoms with Crippen molar-refractivity contribution in [1.82, 2.24) is 29.4 Å². The van der Waals surface area contributed by atoms with Gasteiger partial charge in [0.2, 0.25) is 16.0 Å². The Morgan fingerprint density at radius 2 is 2.00 bits per heavy atom. The summed E-state index contributed by atoms with van der Waals surface area (Å²) >= 11 is 0. The minimum atomic E-state index is -4.23. The molecule has 1 aromatic carbocycles. The Morgan fingerprint density at radius 3 is 2.64 bits per heavy atom. The summed E-state index contributed by atoms with van der Waals surface area (Å²) in [7, 11) is -5.38. The fraction of sp³-hybridized carbons (Fsp3) is 0.455. The van der Waals surface area contributed by atoms with Gasteiger partial charge in [0.05, 0.1) is 26.3 Å². The highest BCUT2D eigenvalue weighted by atomic mass is 32.2. The summed E-state index contributed by atoms with van der Waals surface area (Å²) in [5.41, 5.74) is 4.05. The number of sulfonamides is 1. The van der Waals surface area contributed by atoms with Gasteiger partial charge in [-0.3, -0.25) is 18.9 Å². The Hall–Kier alpha value is -3.42. The first-order valence-corrected chi connectivity index (χ1v) is 15.6. The zero-order valence-electron chi connectivity index (χ0n) is 22.9. The molecule has 0 bridgehead atoms. The van der Waals surface area contributed by atoms with Gasteiger partial charge in [-0.1, -0.05) is 18.2 Å². The van der Waals surface area contributed by atoms with Crippen LogP contribution in [0.15, 0.2) is 36.7 Å². The number of methoxy groups -OCH3 is 1. The number of nitrogens with one attached hydrogen (secondary N) is 2. The van der Waals surface area contributed by atoms with E-state index in [4.69, 9.17) is 19.5 Å². The molecule has 1 saturated heterocycles. The van der Waals surface area contributed by atoms with Crippen LogP contribution in [-0.2, 0) is 33.4 Å². The van der Waals surface area contributed by atoms with Crippen molar-refractivity contribution in [2.45, 2.75) is 31.0 Å². The minimum Gasteiger partial charge on any atom is -0.468 e. The monoisotopic (exact) mass is 630 g/mol. The number of para-hydroxylation sites is 1. The Morgan fingerprint density at radius 1 is 1.31 bits per heavy atom. The lowest BCUT2D eigenvalue weighted by Crippen LogP contribution is -2.44. The van der Waals surface area contributed by atoms with Crippen molar-refractivity contribution in [2.75, 3.05) is 44.3 Å². The average Bonchev–Trinajstić information content (AvgIpc) is 3.42. The molecule has 3 heterocycles. The van der Waals surface area contributed by atoms with Crippen LogP contribution in [0, 0.1) is 0 Å². The van der Waals surface area contributed by atoms with Gasteiger partial charge < -0.3 is 29.9 Å². The summed E-state index contributed by atoms with van der Waals surface area (Å²) in [4.78, 5) is 26.3. The number of anilines is 2. The first kappa shape index (κ1) is 31.5. The van der Waals surface area contributed by atoms with E-state index < -0.39 is 60.9 Å². The van der Waals surface area contributed by atoms with Crippen molar-refractivity contribution in [3.63, 3.8) is 0 Å². The number of nitrogens with zero attached hydrogens (tertiary/aromatic N) is 5. The molecule has 3 aromatic rings. The largest absolute Gasteiger partial charge is 0.468 e. The minimum absolute atomic E-state index is 0.00965. The van der Waals surface area contributed by atoms with E-state index in [-0.39, 0.29) is 28.7 Å². The number of carbonyl (C=O) groups excluding carboxylic acids is 1. The van der Waals surface area contributed by atoms with Crippen molar-refractivity contribution < 1.29 is 46.5 Å². The topological polar surface area (TPSA) is 243 Å². The lowest BCUT2D eigenvalue weighted by Gasteiger charge is -2.27. The molecule has 5 atom stereocenters. The Balaban J connectivity index is 1.59. The molecule has 4 rings (SSSR count). The first-order chi connectivity index (χ1) is 19.6. The average molecular weight is 631 g/mol. The van der Waals surface area contributed by atoms with Crippen LogP contribution in [0.2, 0.25) is 0 Å². The van der Waals surface area contributed by atoms with Crippen molar-refractivity contribution in [3.05, 3.63) is 36.7 Å². The quantitative estimate of drug-likeness (QED) is 0.0942. The Kier molecular flexibility index (Phi) is 9.05. The van der Waals surface area contributed by atoms with E-state index in [2.05, 4.69) is 29.6 Å². The van der Waals surface area contributed by atoms with Gasteiger partial charge in [-0.05, 0) is 19.1 Å². The number of ether oxygens (including phenoxy) is 2. The number of hydrazine groups is 1. The van der Waals surface area contributed by atoms with Crippen LogP contribution in [0.4, 0.5) is 11.8 Å². The van der Waals surface area contributed by atoms with Gasteiger partial charge in [0, 0.05) is 7.05 Å². The maximum absolute atomic E-state index is 13.5. The third-order valence-electron chi connectivity index (χ3n) is 6.07. The van der Waals surface area contributed by atoms with Gasteiger partial charge in [-0.2, -0.15) is 9.97 Å². The van der Waals surface area contributed by atoms with Crippen molar-refractivity contribution >= 4 is 46.7 Å². The number of nitrogen functional groups attached to an aromatic ring is 1. The number of hydrogen-bond acceptors (Lipinski definition) is 15. The molecule has 1 fully saturated rings. The second kappa shape index (κ2) is 12.1. The molecule has 1 aliphatic heterocycles. The second-order valence-electron chi connectivity index (χ2n) is 9.46. The summed E-state index contributed by atoms with van der Waals surface area (Å²) < 4.78 is 59.7.